The summed E-state index contributed by atoms with van der Waals surface area (Å²) in [5.74, 6) is 0.769. The molecule has 9 heteroatoms. The molecule has 0 spiro atoms. The van der Waals surface area contributed by atoms with Gasteiger partial charge in [-0.3, -0.25) is 14.7 Å². The van der Waals surface area contributed by atoms with Gasteiger partial charge in [0.2, 0.25) is 11.8 Å². The standard InChI is InChI=1S/C22H20ClN5O2S/c1-13-4-10-18(11-5-13)28-20(16-6-8-17(23)9-7-16)25-26-22(28)31-15(3)21(29)24-19-12-14(2)27-30-19/h4-12,15H,1-3H3,(H,24,29). The summed E-state index contributed by atoms with van der Waals surface area (Å²) in [4.78, 5) is 12.6. The molecule has 31 heavy (non-hydrogen) atoms. The van der Waals surface area contributed by atoms with Crippen LogP contribution in [0.2, 0.25) is 5.02 Å². The van der Waals surface area contributed by atoms with Gasteiger partial charge in [0.1, 0.15) is 0 Å². The zero-order chi connectivity index (χ0) is 22.0. The molecule has 0 aliphatic carbocycles. The molecule has 0 bridgehead atoms. The lowest BCUT2D eigenvalue weighted by molar-refractivity contribution is -0.115. The van der Waals surface area contributed by atoms with Crippen LogP contribution in [0.5, 0.6) is 0 Å². The smallest absolute Gasteiger partial charge is 0.240 e. The van der Waals surface area contributed by atoms with Crippen molar-refractivity contribution < 1.29 is 9.32 Å². The van der Waals surface area contributed by atoms with Gasteiger partial charge >= 0.3 is 0 Å². The molecule has 1 atom stereocenters. The summed E-state index contributed by atoms with van der Waals surface area (Å²) in [5, 5.41) is 16.1. The second-order valence-electron chi connectivity index (χ2n) is 7.07. The monoisotopic (exact) mass is 453 g/mol. The number of aromatic nitrogens is 4. The Morgan fingerprint density at radius 2 is 1.81 bits per heavy atom. The van der Waals surface area contributed by atoms with Crippen molar-refractivity contribution in [2.45, 2.75) is 31.2 Å². The molecule has 0 radical (unpaired) electrons. The van der Waals surface area contributed by atoms with Crippen LogP contribution < -0.4 is 5.32 Å². The number of nitrogens with one attached hydrogen (secondary N) is 1. The van der Waals surface area contributed by atoms with E-state index in [0.29, 0.717) is 27.6 Å². The van der Waals surface area contributed by atoms with Crippen LogP contribution in [0.15, 0.2) is 64.3 Å². The number of aryl methyl sites for hydroxylation is 2. The third-order valence-corrected chi connectivity index (χ3v) is 5.85. The van der Waals surface area contributed by atoms with Gasteiger partial charge in [-0.05, 0) is 57.2 Å². The van der Waals surface area contributed by atoms with Gasteiger partial charge in [0, 0.05) is 22.3 Å². The van der Waals surface area contributed by atoms with Crippen molar-refractivity contribution in [3.8, 4) is 17.1 Å². The van der Waals surface area contributed by atoms with E-state index in [0.717, 1.165) is 16.8 Å². The number of benzene rings is 2. The van der Waals surface area contributed by atoms with Crippen molar-refractivity contribution in [2.75, 3.05) is 5.32 Å². The Morgan fingerprint density at radius 3 is 2.45 bits per heavy atom. The lowest BCUT2D eigenvalue weighted by atomic mass is 10.2. The fraction of sp³-hybridized carbons (Fsp3) is 0.182. The van der Waals surface area contributed by atoms with E-state index in [1.54, 1.807) is 19.9 Å². The minimum absolute atomic E-state index is 0.215. The second-order valence-corrected chi connectivity index (χ2v) is 8.81. The average molecular weight is 454 g/mol. The summed E-state index contributed by atoms with van der Waals surface area (Å²) in [6.07, 6.45) is 0. The van der Waals surface area contributed by atoms with Crippen LogP contribution in [0.4, 0.5) is 5.88 Å². The minimum atomic E-state index is -0.447. The van der Waals surface area contributed by atoms with Gasteiger partial charge in [-0.25, -0.2) is 0 Å². The van der Waals surface area contributed by atoms with Crippen LogP contribution in [0.3, 0.4) is 0 Å². The molecular formula is C22H20ClN5O2S. The third-order valence-electron chi connectivity index (χ3n) is 4.55. The summed E-state index contributed by atoms with van der Waals surface area (Å²) in [5.41, 5.74) is 3.62. The van der Waals surface area contributed by atoms with E-state index >= 15 is 0 Å². The fourth-order valence-electron chi connectivity index (χ4n) is 2.92. The number of anilines is 1. The predicted octanol–water partition coefficient (Wildman–Crippen LogP) is 5.31. The van der Waals surface area contributed by atoms with E-state index in [4.69, 9.17) is 16.1 Å². The van der Waals surface area contributed by atoms with E-state index in [1.807, 2.05) is 60.0 Å². The van der Waals surface area contributed by atoms with Crippen LogP contribution in [0.1, 0.15) is 18.2 Å². The van der Waals surface area contributed by atoms with Crippen molar-refractivity contribution >= 4 is 35.2 Å². The molecule has 1 amide bonds. The maximum Gasteiger partial charge on any atom is 0.240 e. The van der Waals surface area contributed by atoms with Crippen LogP contribution in [0.25, 0.3) is 17.1 Å². The first-order valence-electron chi connectivity index (χ1n) is 9.60. The number of thioether (sulfide) groups is 1. The number of rotatable bonds is 6. The van der Waals surface area contributed by atoms with Gasteiger partial charge in [-0.1, -0.05) is 46.2 Å². The number of halogens is 1. The predicted molar refractivity (Wildman–Crippen MR) is 122 cm³/mol. The highest BCUT2D eigenvalue weighted by Gasteiger charge is 2.22. The molecule has 0 saturated heterocycles. The Morgan fingerprint density at radius 1 is 1.10 bits per heavy atom. The number of nitrogens with zero attached hydrogens (tertiary/aromatic N) is 4. The highest BCUT2D eigenvalue weighted by Crippen LogP contribution is 2.31. The first-order chi connectivity index (χ1) is 14.9. The Hall–Kier alpha value is -3.10. The molecule has 4 aromatic rings. The molecule has 2 aromatic carbocycles. The Kier molecular flexibility index (Phi) is 6.11. The molecule has 0 fully saturated rings. The number of hydrogen-bond donors (Lipinski definition) is 1. The number of carbonyl (C=O) groups is 1. The summed E-state index contributed by atoms with van der Waals surface area (Å²) in [6.45, 7) is 5.63. The summed E-state index contributed by atoms with van der Waals surface area (Å²) in [7, 11) is 0. The van der Waals surface area contributed by atoms with Gasteiger partial charge in [-0.2, -0.15) is 0 Å². The largest absolute Gasteiger partial charge is 0.338 e. The van der Waals surface area contributed by atoms with Crippen molar-refractivity contribution in [2.24, 2.45) is 0 Å². The maximum atomic E-state index is 12.6. The molecule has 158 valence electrons. The maximum absolute atomic E-state index is 12.6. The van der Waals surface area contributed by atoms with Gasteiger partial charge in [-0.15, -0.1) is 10.2 Å². The molecule has 0 aliphatic rings. The molecule has 4 rings (SSSR count). The molecule has 1 unspecified atom stereocenters. The first kappa shape index (κ1) is 21.1. The van der Waals surface area contributed by atoms with Gasteiger partial charge < -0.3 is 4.52 Å². The van der Waals surface area contributed by atoms with Crippen LogP contribution in [-0.4, -0.2) is 31.1 Å². The van der Waals surface area contributed by atoms with E-state index < -0.39 is 5.25 Å². The molecular weight excluding hydrogens is 434 g/mol. The highest BCUT2D eigenvalue weighted by atomic mass is 35.5. The van der Waals surface area contributed by atoms with Crippen molar-refractivity contribution in [1.82, 2.24) is 19.9 Å². The number of carbonyl (C=O) groups excluding carboxylic acids is 1. The molecule has 2 heterocycles. The van der Waals surface area contributed by atoms with E-state index in [2.05, 4.69) is 20.7 Å². The lowest BCUT2D eigenvalue weighted by Gasteiger charge is -2.13. The molecule has 0 saturated carbocycles. The minimum Gasteiger partial charge on any atom is -0.338 e. The molecule has 2 aromatic heterocycles. The van der Waals surface area contributed by atoms with Crippen LogP contribution >= 0.6 is 23.4 Å². The Bertz CT molecular complexity index is 1200. The SMILES string of the molecule is Cc1ccc(-n2c(SC(C)C(=O)Nc3cc(C)no3)nnc2-c2ccc(Cl)cc2)cc1. The van der Waals surface area contributed by atoms with Crippen LogP contribution in [0, 0.1) is 13.8 Å². The summed E-state index contributed by atoms with van der Waals surface area (Å²) in [6, 6.07) is 17.1. The van der Waals surface area contributed by atoms with E-state index in [9.17, 15) is 4.79 Å². The summed E-state index contributed by atoms with van der Waals surface area (Å²) >= 11 is 7.36. The normalized spacial score (nSPS) is 12.0. The quantitative estimate of drug-likeness (QED) is 0.398. The van der Waals surface area contributed by atoms with E-state index in [-0.39, 0.29) is 5.91 Å². The fourth-order valence-corrected chi connectivity index (χ4v) is 3.91. The van der Waals surface area contributed by atoms with Crippen LogP contribution in [-0.2, 0) is 4.79 Å². The summed E-state index contributed by atoms with van der Waals surface area (Å²) < 4.78 is 7.02. The van der Waals surface area contributed by atoms with E-state index in [1.165, 1.54) is 11.8 Å². The van der Waals surface area contributed by atoms with Crippen molar-refractivity contribution in [1.29, 1.82) is 0 Å². The van der Waals surface area contributed by atoms with Crippen molar-refractivity contribution in [3.05, 3.63) is 70.9 Å². The molecule has 1 N–H and O–H groups in total. The molecule has 0 aliphatic heterocycles. The zero-order valence-corrected chi connectivity index (χ0v) is 18.7. The number of amides is 1. The zero-order valence-electron chi connectivity index (χ0n) is 17.2. The Labute approximate surface area is 188 Å². The highest BCUT2D eigenvalue weighted by molar-refractivity contribution is 8.00. The van der Waals surface area contributed by atoms with Gasteiger partial charge in [0.05, 0.1) is 10.9 Å². The molecule has 7 nitrogen and oxygen atoms in total. The lowest BCUT2D eigenvalue weighted by Crippen LogP contribution is -2.22. The topological polar surface area (TPSA) is 85.8 Å². The van der Waals surface area contributed by atoms with Crippen molar-refractivity contribution in [3.63, 3.8) is 0 Å². The third kappa shape index (κ3) is 4.81. The second kappa shape index (κ2) is 8.95. The Balaban J connectivity index is 1.66. The average Bonchev–Trinajstić information content (AvgIpc) is 3.35. The van der Waals surface area contributed by atoms with Gasteiger partial charge in [0.25, 0.3) is 0 Å². The van der Waals surface area contributed by atoms with Gasteiger partial charge in [0.15, 0.2) is 11.0 Å². The first-order valence-corrected chi connectivity index (χ1v) is 10.9. The number of hydrogen-bond acceptors (Lipinski definition) is 6.